The fraction of sp³-hybridized carbons (Fsp3) is 0.0667. The predicted octanol–water partition coefficient (Wildman–Crippen LogP) is 8.31. The third kappa shape index (κ3) is 4.85. The SMILES string of the molecule is Cc1ccc(-c2ccc(C)cc2C=Cc2ccccc2)c(C=Cc2ccccc2)c1. The van der Waals surface area contributed by atoms with Crippen LogP contribution in [0.15, 0.2) is 97.1 Å². The molecule has 0 saturated carbocycles. The Kier molecular flexibility index (Phi) is 6.06. The van der Waals surface area contributed by atoms with E-state index in [-0.39, 0.29) is 0 Å². The van der Waals surface area contributed by atoms with Gasteiger partial charge in [0.15, 0.2) is 0 Å². The standard InChI is InChI=1S/C30H26/c1-23-13-19-29(27(21-23)17-15-25-9-5-3-6-10-25)30-20-14-24(2)22-28(30)18-16-26-11-7-4-8-12-26/h3-22H,1-2H3. The van der Waals surface area contributed by atoms with Crippen LogP contribution >= 0.6 is 0 Å². The van der Waals surface area contributed by atoms with E-state index < -0.39 is 0 Å². The Morgan fingerprint density at radius 3 is 1.23 bits per heavy atom. The fourth-order valence-electron chi connectivity index (χ4n) is 3.63. The van der Waals surface area contributed by atoms with Crippen LogP contribution in [0.25, 0.3) is 35.4 Å². The molecular weight excluding hydrogens is 360 g/mol. The lowest BCUT2D eigenvalue weighted by atomic mass is 9.92. The van der Waals surface area contributed by atoms with E-state index in [4.69, 9.17) is 0 Å². The van der Waals surface area contributed by atoms with Gasteiger partial charge in [-0.1, -0.05) is 132 Å². The van der Waals surface area contributed by atoms with Crippen LogP contribution in [-0.4, -0.2) is 0 Å². The molecule has 0 aliphatic carbocycles. The minimum absolute atomic E-state index is 1.21. The molecule has 4 aromatic rings. The average molecular weight is 387 g/mol. The number of rotatable bonds is 5. The second kappa shape index (κ2) is 9.24. The maximum absolute atomic E-state index is 2.26. The molecule has 0 atom stereocenters. The molecule has 0 bridgehead atoms. The van der Waals surface area contributed by atoms with Gasteiger partial charge in [-0.2, -0.15) is 0 Å². The van der Waals surface area contributed by atoms with Gasteiger partial charge in [0.2, 0.25) is 0 Å². The lowest BCUT2D eigenvalue weighted by Gasteiger charge is -2.12. The quantitative estimate of drug-likeness (QED) is 0.302. The van der Waals surface area contributed by atoms with Crippen LogP contribution in [-0.2, 0) is 0 Å². The largest absolute Gasteiger partial charge is 0.0622 e. The molecule has 0 heterocycles. The summed E-state index contributed by atoms with van der Waals surface area (Å²) in [4.78, 5) is 0. The van der Waals surface area contributed by atoms with Crippen molar-refractivity contribution in [2.24, 2.45) is 0 Å². The molecule has 0 nitrogen and oxygen atoms in total. The predicted molar refractivity (Wildman–Crippen MR) is 132 cm³/mol. The van der Waals surface area contributed by atoms with Crippen LogP contribution < -0.4 is 0 Å². The normalized spacial score (nSPS) is 11.4. The van der Waals surface area contributed by atoms with Crippen molar-refractivity contribution in [1.82, 2.24) is 0 Å². The van der Waals surface area contributed by atoms with Gasteiger partial charge in [0.05, 0.1) is 0 Å². The van der Waals surface area contributed by atoms with E-state index in [0.717, 1.165) is 0 Å². The van der Waals surface area contributed by atoms with Gasteiger partial charge in [0, 0.05) is 0 Å². The molecule has 0 aliphatic rings. The Hall–Kier alpha value is -3.64. The molecule has 0 saturated heterocycles. The molecule has 146 valence electrons. The van der Waals surface area contributed by atoms with Crippen molar-refractivity contribution in [1.29, 1.82) is 0 Å². The monoisotopic (exact) mass is 386 g/mol. The summed E-state index contributed by atoms with van der Waals surface area (Å²) in [7, 11) is 0. The Morgan fingerprint density at radius 1 is 0.433 bits per heavy atom. The molecule has 0 amide bonds. The van der Waals surface area contributed by atoms with Crippen molar-refractivity contribution < 1.29 is 0 Å². The van der Waals surface area contributed by atoms with Gasteiger partial charge in [-0.05, 0) is 47.2 Å². The van der Waals surface area contributed by atoms with Crippen molar-refractivity contribution in [2.75, 3.05) is 0 Å². The molecule has 0 aliphatic heterocycles. The zero-order valence-electron chi connectivity index (χ0n) is 17.5. The number of benzene rings is 4. The summed E-state index contributed by atoms with van der Waals surface area (Å²) < 4.78 is 0. The topological polar surface area (TPSA) is 0 Å². The maximum Gasteiger partial charge on any atom is -0.0105 e. The summed E-state index contributed by atoms with van der Waals surface area (Å²) in [6, 6.07) is 34.3. The van der Waals surface area contributed by atoms with Gasteiger partial charge in [-0.15, -0.1) is 0 Å². The number of hydrogen-bond donors (Lipinski definition) is 0. The average Bonchev–Trinajstić information content (AvgIpc) is 2.78. The van der Waals surface area contributed by atoms with Crippen molar-refractivity contribution in [2.45, 2.75) is 13.8 Å². The Labute approximate surface area is 179 Å². The second-order valence-electron chi connectivity index (χ2n) is 7.67. The highest BCUT2D eigenvalue weighted by Gasteiger charge is 2.08. The Morgan fingerprint density at radius 2 is 0.833 bits per heavy atom. The van der Waals surface area contributed by atoms with Crippen molar-refractivity contribution in [3.63, 3.8) is 0 Å². The van der Waals surface area contributed by atoms with Gasteiger partial charge < -0.3 is 0 Å². The molecule has 4 aromatic carbocycles. The number of aryl methyl sites for hydroxylation is 2. The van der Waals surface area contributed by atoms with Gasteiger partial charge in [0.1, 0.15) is 0 Å². The zero-order chi connectivity index (χ0) is 20.8. The van der Waals surface area contributed by atoms with Crippen molar-refractivity contribution in [3.8, 4) is 11.1 Å². The van der Waals surface area contributed by atoms with Gasteiger partial charge >= 0.3 is 0 Å². The zero-order valence-corrected chi connectivity index (χ0v) is 17.5. The van der Waals surface area contributed by atoms with E-state index in [1.807, 2.05) is 12.1 Å². The molecular formula is C30H26. The van der Waals surface area contributed by atoms with Crippen molar-refractivity contribution >= 4 is 24.3 Å². The van der Waals surface area contributed by atoms with Crippen LogP contribution in [0.5, 0.6) is 0 Å². The first kappa shape index (κ1) is 19.7. The molecule has 4 rings (SSSR count). The highest BCUT2D eigenvalue weighted by molar-refractivity contribution is 5.87. The maximum atomic E-state index is 2.26. The summed E-state index contributed by atoms with van der Waals surface area (Å²) in [6.45, 7) is 4.30. The summed E-state index contributed by atoms with van der Waals surface area (Å²) in [5.41, 5.74) is 9.91. The highest BCUT2D eigenvalue weighted by Crippen LogP contribution is 2.31. The summed E-state index contributed by atoms with van der Waals surface area (Å²) >= 11 is 0. The molecule has 0 N–H and O–H groups in total. The molecule has 0 unspecified atom stereocenters. The third-order valence-corrected chi connectivity index (χ3v) is 5.21. The van der Waals surface area contributed by atoms with Crippen molar-refractivity contribution in [3.05, 3.63) is 130 Å². The van der Waals surface area contributed by atoms with E-state index in [1.165, 1.54) is 44.5 Å². The molecule has 0 radical (unpaired) electrons. The Balaban J connectivity index is 1.77. The van der Waals surface area contributed by atoms with Crippen LogP contribution in [0.1, 0.15) is 33.4 Å². The number of hydrogen-bond acceptors (Lipinski definition) is 0. The first-order chi connectivity index (χ1) is 14.7. The van der Waals surface area contributed by atoms with Crippen LogP contribution in [0.3, 0.4) is 0 Å². The first-order valence-electron chi connectivity index (χ1n) is 10.4. The van der Waals surface area contributed by atoms with Gasteiger partial charge in [0.25, 0.3) is 0 Å². The smallest absolute Gasteiger partial charge is 0.0105 e. The minimum atomic E-state index is 1.21. The third-order valence-electron chi connectivity index (χ3n) is 5.21. The van der Waals surface area contributed by atoms with E-state index in [9.17, 15) is 0 Å². The second-order valence-corrected chi connectivity index (χ2v) is 7.67. The summed E-state index contributed by atoms with van der Waals surface area (Å²) in [5, 5.41) is 0. The lowest BCUT2D eigenvalue weighted by Crippen LogP contribution is -1.90. The Bertz CT molecular complexity index is 1080. The van der Waals surface area contributed by atoms with Gasteiger partial charge in [-0.3, -0.25) is 0 Å². The molecule has 0 spiro atoms. The van der Waals surface area contributed by atoms with E-state index in [1.54, 1.807) is 0 Å². The molecule has 0 aromatic heterocycles. The van der Waals surface area contributed by atoms with Crippen LogP contribution in [0.4, 0.5) is 0 Å². The molecule has 0 fully saturated rings. The summed E-state index contributed by atoms with van der Waals surface area (Å²) in [6.07, 6.45) is 8.82. The first-order valence-corrected chi connectivity index (χ1v) is 10.4. The van der Waals surface area contributed by atoms with E-state index in [2.05, 4.69) is 123 Å². The minimum Gasteiger partial charge on any atom is -0.0622 e. The van der Waals surface area contributed by atoms with Crippen LogP contribution in [0, 0.1) is 13.8 Å². The molecule has 30 heavy (non-hydrogen) atoms. The van der Waals surface area contributed by atoms with E-state index >= 15 is 0 Å². The van der Waals surface area contributed by atoms with E-state index in [0.29, 0.717) is 0 Å². The lowest BCUT2D eigenvalue weighted by molar-refractivity contribution is 1.43. The highest BCUT2D eigenvalue weighted by atomic mass is 14.1. The van der Waals surface area contributed by atoms with Gasteiger partial charge in [-0.25, -0.2) is 0 Å². The van der Waals surface area contributed by atoms with Crippen LogP contribution in [0.2, 0.25) is 0 Å². The summed E-state index contributed by atoms with van der Waals surface area (Å²) in [5.74, 6) is 0. The molecule has 0 heteroatoms. The fourth-order valence-corrected chi connectivity index (χ4v) is 3.63.